The Labute approximate surface area is 111 Å². The van der Waals surface area contributed by atoms with Gasteiger partial charge in [0.25, 0.3) is 5.69 Å². The fourth-order valence-electron chi connectivity index (χ4n) is 2.29. The van der Waals surface area contributed by atoms with Crippen LogP contribution in [0.3, 0.4) is 0 Å². The van der Waals surface area contributed by atoms with Crippen LogP contribution in [-0.2, 0) is 0 Å². The first-order chi connectivity index (χ1) is 9.08. The van der Waals surface area contributed by atoms with E-state index in [0.717, 1.165) is 13.0 Å². The molecular weight excluding hydrogens is 246 g/mol. The number of nitro groups is 1. The summed E-state index contributed by atoms with van der Waals surface area (Å²) < 4.78 is 0. The molecule has 0 aliphatic heterocycles. The molecule has 4 N–H and O–H groups in total. The quantitative estimate of drug-likeness (QED) is 0.396. The van der Waals surface area contributed by atoms with Gasteiger partial charge >= 0.3 is 0 Å². The molecule has 1 saturated carbocycles. The lowest BCUT2D eigenvalue weighted by Crippen LogP contribution is -2.17. The number of aromatic nitrogens is 1. The van der Waals surface area contributed by atoms with Crippen LogP contribution in [0.15, 0.2) is 12.1 Å². The third-order valence-corrected chi connectivity index (χ3v) is 3.55. The minimum Gasteiger partial charge on any atom is -0.369 e. The lowest BCUT2D eigenvalue weighted by atomic mass is 10.0. The Bertz CT molecular complexity index is 473. The van der Waals surface area contributed by atoms with E-state index in [9.17, 15) is 10.1 Å². The molecule has 19 heavy (non-hydrogen) atoms. The summed E-state index contributed by atoms with van der Waals surface area (Å²) in [6, 6.07) is 2.74. The summed E-state index contributed by atoms with van der Waals surface area (Å²) in [5, 5.41) is 14.0. The Morgan fingerprint density at radius 3 is 2.68 bits per heavy atom. The largest absolute Gasteiger partial charge is 0.369 e. The average Bonchev–Trinajstić information content (AvgIpc) is 3.17. The molecule has 0 saturated heterocycles. The number of nitrogen functional groups attached to an aromatic ring is 1. The van der Waals surface area contributed by atoms with Gasteiger partial charge in [0.15, 0.2) is 0 Å². The van der Waals surface area contributed by atoms with Crippen molar-refractivity contribution in [1.29, 1.82) is 0 Å². The summed E-state index contributed by atoms with van der Waals surface area (Å²) in [5.74, 6) is 6.05. The Hall–Kier alpha value is -1.89. The number of rotatable bonds is 7. The summed E-state index contributed by atoms with van der Waals surface area (Å²) in [6.07, 6.45) is 4.76. The monoisotopic (exact) mass is 265 g/mol. The first-order valence-corrected chi connectivity index (χ1v) is 6.45. The molecule has 0 aromatic carbocycles. The second-order valence-corrected chi connectivity index (χ2v) is 5.10. The summed E-state index contributed by atoms with van der Waals surface area (Å²) in [5.41, 5.74) is 2.68. The third-order valence-electron chi connectivity index (χ3n) is 3.55. The molecule has 1 fully saturated rings. The number of nitrogens with two attached hydrogens (primary N) is 1. The Balaban J connectivity index is 2.07. The highest BCUT2D eigenvalue weighted by atomic mass is 16.6. The zero-order valence-electron chi connectivity index (χ0n) is 11.0. The second kappa shape index (κ2) is 5.40. The van der Waals surface area contributed by atoms with E-state index in [4.69, 9.17) is 5.84 Å². The van der Waals surface area contributed by atoms with Gasteiger partial charge in [0.1, 0.15) is 11.6 Å². The number of nitrogens with one attached hydrogen (secondary N) is 2. The molecule has 104 valence electrons. The van der Waals surface area contributed by atoms with E-state index < -0.39 is 4.92 Å². The van der Waals surface area contributed by atoms with Crippen molar-refractivity contribution in [2.75, 3.05) is 17.3 Å². The lowest BCUT2D eigenvalue weighted by Gasteiger charge is -2.15. The number of hydrazine groups is 1. The predicted molar refractivity (Wildman–Crippen MR) is 73.8 cm³/mol. The van der Waals surface area contributed by atoms with Crippen molar-refractivity contribution in [3.05, 3.63) is 22.2 Å². The highest BCUT2D eigenvalue weighted by Crippen LogP contribution is 2.49. The molecule has 1 aromatic rings. The SMILES string of the molecule is CCCC1(CNc2cc([N+](=O)[O-])cc(NN)n2)CC1. The minimum atomic E-state index is -0.452. The fraction of sp³-hybridized carbons (Fsp3) is 0.583. The summed E-state index contributed by atoms with van der Waals surface area (Å²) in [4.78, 5) is 14.5. The molecule has 1 aliphatic rings. The van der Waals surface area contributed by atoms with Crippen LogP contribution in [0, 0.1) is 15.5 Å². The molecule has 1 aromatic heterocycles. The molecule has 0 bridgehead atoms. The first-order valence-electron chi connectivity index (χ1n) is 6.45. The van der Waals surface area contributed by atoms with Crippen LogP contribution in [-0.4, -0.2) is 16.5 Å². The lowest BCUT2D eigenvalue weighted by molar-refractivity contribution is -0.384. The highest BCUT2D eigenvalue weighted by Gasteiger charge is 2.41. The van der Waals surface area contributed by atoms with E-state index in [2.05, 4.69) is 22.7 Å². The molecule has 0 unspecified atom stereocenters. The van der Waals surface area contributed by atoms with Crippen LogP contribution >= 0.6 is 0 Å². The molecule has 7 heteroatoms. The maximum absolute atomic E-state index is 10.8. The van der Waals surface area contributed by atoms with Gasteiger partial charge in [0, 0.05) is 6.54 Å². The third kappa shape index (κ3) is 3.31. The van der Waals surface area contributed by atoms with Gasteiger partial charge in [0.05, 0.1) is 17.1 Å². The minimum absolute atomic E-state index is 0.0224. The zero-order valence-corrected chi connectivity index (χ0v) is 11.0. The average molecular weight is 265 g/mol. The summed E-state index contributed by atoms with van der Waals surface area (Å²) in [7, 11) is 0. The van der Waals surface area contributed by atoms with Crippen LogP contribution in [0.4, 0.5) is 17.3 Å². The van der Waals surface area contributed by atoms with Crippen molar-refractivity contribution in [2.24, 2.45) is 11.3 Å². The first kappa shape index (κ1) is 13.5. The topological polar surface area (TPSA) is 106 Å². The molecule has 1 aliphatic carbocycles. The van der Waals surface area contributed by atoms with Gasteiger partial charge in [-0.3, -0.25) is 10.1 Å². The molecule has 0 atom stereocenters. The molecule has 2 rings (SSSR count). The smallest absolute Gasteiger partial charge is 0.276 e. The summed E-state index contributed by atoms with van der Waals surface area (Å²) in [6.45, 7) is 2.97. The Morgan fingerprint density at radius 1 is 1.47 bits per heavy atom. The number of hydrogen-bond acceptors (Lipinski definition) is 6. The van der Waals surface area contributed by atoms with Gasteiger partial charge in [-0.25, -0.2) is 10.8 Å². The van der Waals surface area contributed by atoms with E-state index in [0.29, 0.717) is 11.2 Å². The van der Waals surface area contributed by atoms with E-state index in [-0.39, 0.29) is 11.5 Å². The molecular formula is C12H19N5O2. The van der Waals surface area contributed by atoms with Crippen LogP contribution in [0.5, 0.6) is 0 Å². The van der Waals surface area contributed by atoms with Gasteiger partial charge in [-0.1, -0.05) is 13.3 Å². The van der Waals surface area contributed by atoms with E-state index >= 15 is 0 Å². The van der Waals surface area contributed by atoms with Gasteiger partial charge in [-0.15, -0.1) is 0 Å². The highest BCUT2D eigenvalue weighted by molar-refractivity contribution is 5.54. The number of pyridine rings is 1. The van der Waals surface area contributed by atoms with Crippen molar-refractivity contribution < 1.29 is 4.92 Å². The normalized spacial score (nSPS) is 15.9. The fourth-order valence-corrected chi connectivity index (χ4v) is 2.29. The van der Waals surface area contributed by atoms with Crippen LogP contribution in [0.1, 0.15) is 32.6 Å². The van der Waals surface area contributed by atoms with E-state index in [1.807, 2.05) is 0 Å². The van der Waals surface area contributed by atoms with Gasteiger partial charge < -0.3 is 10.7 Å². The van der Waals surface area contributed by atoms with Crippen LogP contribution in [0.2, 0.25) is 0 Å². The summed E-state index contributed by atoms with van der Waals surface area (Å²) >= 11 is 0. The number of hydrogen-bond donors (Lipinski definition) is 3. The number of nitrogens with zero attached hydrogens (tertiary/aromatic N) is 2. The van der Waals surface area contributed by atoms with Crippen molar-refractivity contribution in [3.8, 4) is 0 Å². The van der Waals surface area contributed by atoms with Gasteiger partial charge in [0.2, 0.25) is 0 Å². The molecule has 0 radical (unpaired) electrons. The molecule has 7 nitrogen and oxygen atoms in total. The van der Waals surface area contributed by atoms with Crippen molar-refractivity contribution >= 4 is 17.3 Å². The molecule has 0 spiro atoms. The predicted octanol–water partition coefficient (Wildman–Crippen LogP) is 2.27. The maximum Gasteiger partial charge on any atom is 0.276 e. The van der Waals surface area contributed by atoms with Gasteiger partial charge in [-0.05, 0) is 24.7 Å². The molecule has 0 amide bonds. The van der Waals surface area contributed by atoms with Crippen molar-refractivity contribution in [3.63, 3.8) is 0 Å². The Morgan fingerprint density at radius 2 is 2.16 bits per heavy atom. The van der Waals surface area contributed by atoms with E-state index in [1.54, 1.807) is 0 Å². The van der Waals surface area contributed by atoms with Gasteiger partial charge in [-0.2, -0.15) is 0 Å². The molecule has 1 heterocycles. The standard InChI is InChI=1S/C12H19N5O2/c1-2-3-12(4-5-12)8-14-10-6-9(17(18)19)7-11(15-10)16-13/h6-7H,2-5,8,13H2,1H3,(H2,14,15,16). The van der Waals surface area contributed by atoms with Crippen LogP contribution < -0.4 is 16.6 Å². The van der Waals surface area contributed by atoms with E-state index in [1.165, 1.54) is 31.4 Å². The maximum atomic E-state index is 10.8. The van der Waals surface area contributed by atoms with Crippen LogP contribution in [0.25, 0.3) is 0 Å². The van der Waals surface area contributed by atoms with Crippen molar-refractivity contribution in [2.45, 2.75) is 32.6 Å². The van der Waals surface area contributed by atoms with Crippen molar-refractivity contribution in [1.82, 2.24) is 4.98 Å². The Kier molecular flexibility index (Phi) is 3.84. The second-order valence-electron chi connectivity index (χ2n) is 5.10. The number of anilines is 2. The zero-order chi connectivity index (χ0) is 13.9.